The zero-order valence-electron chi connectivity index (χ0n) is 21.4. The molecule has 5 rings (SSSR count). The van der Waals surface area contributed by atoms with E-state index in [0.717, 1.165) is 16.8 Å². The smallest absolute Gasteiger partial charge is 0.256 e. The minimum Gasteiger partial charge on any atom is -0.306 e. The Labute approximate surface area is 210 Å². The van der Waals surface area contributed by atoms with Crippen LogP contribution in [0, 0.1) is 20.8 Å². The van der Waals surface area contributed by atoms with E-state index in [0.29, 0.717) is 22.8 Å². The molecule has 182 valence electrons. The van der Waals surface area contributed by atoms with E-state index in [1.165, 1.54) is 23.0 Å². The molecule has 8 nitrogen and oxygen atoms in total. The van der Waals surface area contributed by atoms with E-state index in [2.05, 4.69) is 72.2 Å². The number of anilines is 1. The van der Waals surface area contributed by atoms with Crippen LogP contribution in [0.25, 0.3) is 22.5 Å². The summed E-state index contributed by atoms with van der Waals surface area (Å²) in [5, 5.41) is 12.9. The Hall–Kier alpha value is -4.33. The van der Waals surface area contributed by atoms with Crippen molar-refractivity contribution in [3.63, 3.8) is 0 Å². The maximum absolute atomic E-state index is 13.1. The van der Waals surface area contributed by atoms with Gasteiger partial charge in [0.05, 0.1) is 23.0 Å². The van der Waals surface area contributed by atoms with Crippen LogP contribution in [0.15, 0.2) is 61.1 Å². The fourth-order valence-corrected chi connectivity index (χ4v) is 4.11. The SMILES string of the molecule is Cc1cc(NC(=O)c2ccc(C(C)(C)C)cc2)n(-c2ncnc3c2cnn3-c2ccc(C)c(C)c2)n1. The van der Waals surface area contributed by atoms with Gasteiger partial charge in [-0.25, -0.2) is 14.6 Å². The Morgan fingerprint density at radius 3 is 2.33 bits per heavy atom. The Morgan fingerprint density at radius 1 is 0.889 bits per heavy atom. The van der Waals surface area contributed by atoms with Crippen molar-refractivity contribution in [1.29, 1.82) is 0 Å². The van der Waals surface area contributed by atoms with Gasteiger partial charge in [-0.3, -0.25) is 4.79 Å². The number of rotatable bonds is 4. The van der Waals surface area contributed by atoms with E-state index in [9.17, 15) is 4.79 Å². The number of hydrogen-bond acceptors (Lipinski definition) is 5. The summed E-state index contributed by atoms with van der Waals surface area (Å²) in [7, 11) is 0. The third kappa shape index (κ3) is 4.26. The average molecular weight is 480 g/mol. The summed E-state index contributed by atoms with van der Waals surface area (Å²) in [5.74, 6) is 0.852. The average Bonchev–Trinajstić information content (AvgIpc) is 3.43. The van der Waals surface area contributed by atoms with Gasteiger partial charge in [-0.15, -0.1) is 0 Å². The Kier molecular flexibility index (Phi) is 5.67. The molecular formula is C28H29N7O. The van der Waals surface area contributed by atoms with Gasteiger partial charge in [0, 0.05) is 11.6 Å². The molecular weight excluding hydrogens is 450 g/mol. The number of nitrogens with one attached hydrogen (secondary N) is 1. The van der Waals surface area contributed by atoms with Crippen molar-refractivity contribution in [2.24, 2.45) is 0 Å². The highest BCUT2D eigenvalue weighted by atomic mass is 16.1. The van der Waals surface area contributed by atoms with Gasteiger partial charge in [-0.05, 0) is 67.1 Å². The molecule has 0 aliphatic rings. The first-order chi connectivity index (χ1) is 17.1. The largest absolute Gasteiger partial charge is 0.306 e. The number of nitrogens with zero attached hydrogens (tertiary/aromatic N) is 6. The zero-order valence-corrected chi connectivity index (χ0v) is 21.4. The van der Waals surface area contributed by atoms with E-state index in [-0.39, 0.29) is 11.3 Å². The van der Waals surface area contributed by atoms with Gasteiger partial charge >= 0.3 is 0 Å². The van der Waals surface area contributed by atoms with Crippen LogP contribution in [0.3, 0.4) is 0 Å². The van der Waals surface area contributed by atoms with Gasteiger partial charge in [-0.2, -0.15) is 14.9 Å². The Morgan fingerprint density at radius 2 is 1.64 bits per heavy atom. The quantitative estimate of drug-likeness (QED) is 0.369. The summed E-state index contributed by atoms with van der Waals surface area (Å²) in [5.41, 5.74) is 6.48. The Bertz CT molecular complexity index is 1590. The van der Waals surface area contributed by atoms with E-state index >= 15 is 0 Å². The lowest BCUT2D eigenvalue weighted by atomic mass is 9.87. The molecule has 0 fully saturated rings. The van der Waals surface area contributed by atoms with Crippen LogP contribution in [0.4, 0.5) is 5.82 Å². The number of carbonyl (C=O) groups excluding carboxylic acids is 1. The molecule has 3 heterocycles. The van der Waals surface area contributed by atoms with Gasteiger partial charge in [0.2, 0.25) is 0 Å². The number of aromatic nitrogens is 6. The van der Waals surface area contributed by atoms with E-state index in [1.807, 2.05) is 43.3 Å². The van der Waals surface area contributed by atoms with Crippen molar-refractivity contribution >= 4 is 22.8 Å². The number of aryl methyl sites for hydroxylation is 3. The van der Waals surface area contributed by atoms with Crippen LogP contribution in [-0.2, 0) is 5.41 Å². The zero-order chi connectivity index (χ0) is 25.6. The standard InChI is InChI=1S/C28H29N7O/c1-17-7-12-22(13-18(17)2)34-25-23(15-31-34)26(30-16-29-25)35-24(14-19(3)33-35)32-27(36)20-8-10-21(11-9-20)28(4,5)6/h7-16H,1-6H3,(H,32,36). The molecule has 0 aliphatic carbocycles. The predicted molar refractivity (Wildman–Crippen MR) is 141 cm³/mol. The molecule has 1 N–H and O–H groups in total. The lowest BCUT2D eigenvalue weighted by Gasteiger charge is -2.19. The molecule has 3 aromatic heterocycles. The lowest BCUT2D eigenvalue weighted by Crippen LogP contribution is -2.17. The summed E-state index contributed by atoms with van der Waals surface area (Å²) in [6.45, 7) is 12.5. The van der Waals surface area contributed by atoms with Gasteiger partial charge in [0.25, 0.3) is 5.91 Å². The van der Waals surface area contributed by atoms with Gasteiger partial charge in [0.15, 0.2) is 11.5 Å². The molecule has 0 saturated heterocycles. The summed E-state index contributed by atoms with van der Waals surface area (Å²) < 4.78 is 3.42. The fraction of sp³-hybridized carbons (Fsp3) is 0.250. The molecule has 36 heavy (non-hydrogen) atoms. The summed E-state index contributed by atoms with van der Waals surface area (Å²) in [4.78, 5) is 22.1. The molecule has 5 aromatic rings. The van der Waals surface area contributed by atoms with Crippen LogP contribution in [0.2, 0.25) is 0 Å². The van der Waals surface area contributed by atoms with E-state index in [1.54, 1.807) is 15.6 Å². The topological polar surface area (TPSA) is 90.5 Å². The van der Waals surface area contributed by atoms with Crippen LogP contribution >= 0.6 is 0 Å². The van der Waals surface area contributed by atoms with Gasteiger partial charge < -0.3 is 5.32 Å². The summed E-state index contributed by atoms with van der Waals surface area (Å²) >= 11 is 0. The van der Waals surface area contributed by atoms with E-state index in [4.69, 9.17) is 0 Å². The van der Waals surface area contributed by atoms with Gasteiger partial charge in [-0.1, -0.05) is 39.0 Å². The molecule has 2 aromatic carbocycles. The highest BCUT2D eigenvalue weighted by Crippen LogP contribution is 2.26. The van der Waals surface area contributed by atoms with Crippen LogP contribution in [0.5, 0.6) is 0 Å². The molecule has 8 heteroatoms. The first kappa shape index (κ1) is 23.4. The molecule has 0 aliphatic heterocycles. The van der Waals surface area contributed by atoms with Crippen molar-refractivity contribution in [1.82, 2.24) is 29.5 Å². The number of carbonyl (C=O) groups is 1. The predicted octanol–water partition coefficient (Wildman–Crippen LogP) is 5.48. The van der Waals surface area contributed by atoms with E-state index < -0.39 is 0 Å². The van der Waals surface area contributed by atoms with Crippen molar-refractivity contribution in [3.05, 3.63) is 89.0 Å². The molecule has 0 bridgehead atoms. The maximum atomic E-state index is 13.1. The normalized spacial score (nSPS) is 11.7. The highest BCUT2D eigenvalue weighted by Gasteiger charge is 2.19. The van der Waals surface area contributed by atoms with Crippen molar-refractivity contribution in [3.8, 4) is 11.5 Å². The minimum absolute atomic E-state index is 0.0187. The Balaban J connectivity index is 1.51. The third-order valence-electron chi connectivity index (χ3n) is 6.37. The van der Waals surface area contributed by atoms with Crippen LogP contribution < -0.4 is 5.32 Å². The molecule has 0 radical (unpaired) electrons. The number of fused-ring (bicyclic) bond motifs is 1. The molecule has 0 unspecified atom stereocenters. The van der Waals surface area contributed by atoms with Crippen LogP contribution in [-0.4, -0.2) is 35.4 Å². The molecule has 1 amide bonds. The van der Waals surface area contributed by atoms with Crippen molar-refractivity contribution in [2.75, 3.05) is 5.32 Å². The first-order valence-electron chi connectivity index (χ1n) is 11.9. The number of hydrogen-bond donors (Lipinski definition) is 1. The summed E-state index contributed by atoms with van der Waals surface area (Å²) in [6.07, 6.45) is 3.22. The first-order valence-corrected chi connectivity index (χ1v) is 11.9. The van der Waals surface area contributed by atoms with Crippen molar-refractivity contribution < 1.29 is 4.79 Å². The lowest BCUT2D eigenvalue weighted by molar-refractivity contribution is 0.102. The van der Waals surface area contributed by atoms with Crippen LogP contribution in [0.1, 0.15) is 53.5 Å². The molecule has 0 spiro atoms. The van der Waals surface area contributed by atoms with Gasteiger partial charge in [0.1, 0.15) is 12.1 Å². The van der Waals surface area contributed by atoms with Crippen molar-refractivity contribution in [2.45, 2.75) is 47.0 Å². The number of benzene rings is 2. The second kappa shape index (κ2) is 8.71. The minimum atomic E-state index is -0.215. The third-order valence-corrected chi connectivity index (χ3v) is 6.37. The summed E-state index contributed by atoms with van der Waals surface area (Å²) in [6, 6.07) is 15.7. The molecule has 0 saturated carbocycles. The second-order valence-electron chi connectivity index (χ2n) is 10.1. The number of amides is 1. The maximum Gasteiger partial charge on any atom is 0.256 e. The second-order valence-corrected chi connectivity index (χ2v) is 10.1. The molecule has 0 atom stereocenters. The highest BCUT2D eigenvalue weighted by molar-refractivity contribution is 6.04. The monoisotopic (exact) mass is 479 g/mol. The fourth-order valence-electron chi connectivity index (χ4n) is 4.11.